The second-order valence-electron chi connectivity index (χ2n) is 6.79. The van der Waals surface area contributed by atoms with Gasteiger partial charge < -0.3 is 14.8 Å². The van der Waals surface area contributed by atoms with Crippen LogP contribution >= 0.6 is 0 Å². The molecule has 0 spiro atoms. The van der Waals surface area contributed by atoms with Crippen LogP contribution < -0.4 is 10.2 Å². The van der Waals surface area contributed by atoms with Crippen molar-refractivity contribution in [3.8, 4) is 5.69 Å². The van der Waals surface area contributed by atoms with E-state index in [0.717, 1.165) is 35.3 Å². The highest BCUT2D eigenvalue weighted by atomic mass is 15.4. The number of fused-ring (bicyclic) bond motifs is 1. The van der Waals surface area contributed by atoms with Crippen LogP contribution in [0.3, 0.4) is 0 Å². The number of anilines is 3. The van der Waals surface area contributed by atoms with Crippen molar-refractivity contribution < 1.29 is 0 Å². The molecule has 5 heterocycles. The molecule has 0 amide bonds. The standard InChI is InChI=1S/C19H20N8/c1-14-5-3-9-26(14)19-23-18(16-7-4-10-27(16)24-19)22-17-12-25(13-21-17)15-6-2-8-20-11-15/h2,4,6-8,10-14H,3,5,9H2,1H3,(H,22,23,24)/t14-/m1/s1. The van der Waals surface area contributed by atoms with E-state index < -0.39 is 0 Å². The number of aromatic nitrogens is 6. The maximum atomic E-state index is 4.80. The molecule has 1 aliphatic heterocycles. The van der Waals surface area contributed by atoms with Gasteiger partial charge >= 0.3 is 0 Å². The van der Waals surface area contributed by atoms with Crippen LogP contribution in [0.5, 0.6) is 0 Å². The van der Waals surface area contributed by atoms with Gasteiger partial charge in [-0.25, -0.2) is 9.50 Å². The van der Waals surface area contributed by atoms with Crippen molar-refractivity contribution in [3.05, 3.63) is 55.4 Å². The molecule has 8 heteroatoms. The van der Waals surface area contributed by atoms with E-state index in [1.54, 1.807) is 18.7 Å². The number of nitrogens with one attached hydrogen (secondary N) is 1. The minimum Gasteiger partial charge on any atom is -0.337 e. The van der Waals surface area contributed by atoms with Crippen LogP contribution in [-0.2, 0) is 0 Å². The van der Waals surface area contributed by atoms with Crippen molar-refractivity contribution >= 4 is 23.1 Å². The summed E-state index contributed by atoms with van der Waals surface area (Å²) in [5.74, 6) is 2.22. The molecule has 136 valence electrons. The van der Waals surface area contributed by atoms with Crippen molar-refractivity contribution in [3.63, 3.8) is 0 Å². The molecule has 8 nitrogen and oxygen atoms in total. The molecule has 4 aromatic heterocycles. The summed E-state index contributed by atoms with van der Waals surface area (Å²) in [6, 6.07) is 8.32. The Hall–Kier alpha value is -3.42. The first-order valence-corrected chi connectivity index (χ1v) is 9.11. The summed E-state index contributed by atoms with van der Waals surface area (Å²) in [6.07, 6.45) is 11.5. The van der Waals surface area contributed by atoms with Gasteiger partial charge in [0.15, 0.2) is 5.82 Å². The first-order valence-electron chi connectivity index (χ1n) is 9.11. The molecule has 5 rings (SSSR count). The van der Waals surface area contributed by atoms with Gasteiger partial charge in [0.1, 0.15) is 17.7 Å². The van der Waals surface area contributed by atoms with E-state index in [1.807, 2.05) is 45.7 Å². The smallest absolute Gasteiger partial charge is 0.245 e. The van der Waals surface area contributed by atoms with Gasteiger partial charge in [-0.1, -0.05) is 0 Å². The normalized spacial score (nSPS) is 16.9. The summed E-state index contributed by atoms with van der Waals surface area (Å²) in [5, 5.41) is 8.03. The molecule has 27 heavy (non-hydrogen) atoms. The second kappa shape index (κ2) is 6.39. The molecule has 0 unspecified atom stereocenters. The molecule has 0 saturated carbocycles. The van der Waals surface area contributed by atoms with Crippen molar-refractivity contribution in [1.29, 1.82) is 0 Å². The Morgan fingerprint density at radius 1 is 1.22 bits per heavy atom. The number of rotatable bonds is 4. The number of hydrogen-bond donors (Lipinski definition) is 1. The Morgan fingerprint density at radius 2 is 2.19 bits per heavy atom. The van der Waals surface area contributed by atoms with E-state index in [-0.39, 0.29) is 0 Å². The summed E-state index contributed by atoms with van der Waals surface area (Å²) in [4.78, 5) is 15.7. The van der Waals surface area contributed by atoms with Gasteiger partial charge in [0.25, 0.3) is 0 Å². The van der Waals surface area contributed by atoms with Crippen molar-refractivity contribution in [2.45, 2.75) is 25.8 Å². The molecule has 1 saturated heterocycles. The number of hydrogen-bond acceptors (Lipinski definition) is 6. The lowest BCUT2D eigenvalue weighted by Crippen LogP contribution is -2.29. The third-order valence-corrected chi connectivity index (χ3v) is 4.96. The maximum absolute atomic E-state index is 4.80. The molecule has 1 atom stereocenters. The molecule has 0 radical (unpaired) electrons. The predicted octanol–water partition coefficient (Wildman–Crippen LogP) is 3.04. The van der Waals surface area contributed by atoms with Crippen LogP contribution in [0.4, 0.5) is 17.6 Å². The molecular weight excluding hydrogens is 340 g/mol. The zero-order chi connectivity index (χ0) is 18.2. The molecule has 0 bridgehead atoms. The summed E-state index contributed by atoms with van der Waals surface area (Å²) in [5.41, 5.74) is 1.88. The van der Waals surface area contributed by atoms with Gasteiger partial charge in [0, 0.05) is 25.0 Å². The molecule has 1 N–H and O–H groups in total. The quantitative estimate of drug-likeness (QED) is 0.603. The van der Waals surface area contributed by atoms with Crippen molar-refractivity contribution in [2.75, 3.05) is 16.8 Å². The topological polar surface area (TPSA) is 76.2 Å². The summed E-state index contributed by atoms with van der Waals surface area (Å²) in [7, 11) is 0. The average Bonchev–Trinajstić information content (AvgIpc) is 3.43. The minimum absolute atomic E-state index is 0.454. The summed E-state index contributed by atoms with van der Waals surface area (Å²) >= 11 is 0. The average molecular weight is 360 g/mol. The predicted molar refractivity (Wildman–Crippen MR) is 104 cm³/mol. The Labute approximate surface area is 156 Å². The minimum atomic E-state index is 0.454. The first kappa shape index (κ1) is 15.8. The zero-order valence-corrected chi connectivity index (χ0v) is 15.0. The number of pyridine rings is 1. The van der Waals surface area contributed by atoms with Crippen molar-refractivity contribution in [1.82, 2.24) is 29.1 Å². The van der Waals surface area contributed by atoms with Gasteiger partial charge in [-0.2, -0.15) is 4.98 Å². The summed E-state index contributed by atoms with van der Waals surface area (Å²) in [6.45, 7) is 3.21. The second-order valence-corrected chi connectivity index (χ2v) is 6.79. The molecule has 1 fully saturated rings. The lowest BCUT2D eigenvalue weighted by Gasteiger charge is -2.22. The Balaban J connectivity index is 1.50. The largest absolute Gasteiger partial charge is 0.337 e. The van der Waals surface area contributed by atoms with Gasteiger partial charge in [-0.05, 0) is 44.0 Å². The Morgan fingerprint density at radius 3 is 3.00 bits per heavy atom. The molecule has 0 aromatic carbocycles. The van der Waals surface area contributed by atoms with Crippen LogP contribution in [-0.4, -0.2) is 41.7 Å². The van der Waals surface area contributed by atoms with E-state index >= 15 is 0 Å². The summed E-state index contributed by atoms with van der Waals surface area (Å²) < 4.78 is 3.79. The van der Waals surface area contributed by atoms with E-state index in [1.165, 1.54) is 12.8 Å². The fourth-order valence-electron chi connectivity index (χ4n) is 3.52. The third kappa shape index (κ3) is 2.88. The monoisotopic (exact) mass is 360 g/mol. The van der Waals surface area contributed by atoms with Gasteiger partial charge in [0.2, 0.25) is 5.95 Å². The van der Waals surface area contributed by atoms with Crippen LogP contribution in [0.15, 0.2) is 55.4 Å². The third-order valence-electron chi connectivity index (χ3n) is 4.96. The number of imidazole rings is 1. The highest BCUT2D eigenvalue weighted by molar-refractivity contribution is 5.73. The molecule has 1 aliphatic rings. The lowest BCUT2D eigenvalue weighted by molar-refractivity contribution is 0.704. The van der Waals surface area contributed by atoms with E-state index in [2.05, 4.69) is 32.2 Å². The first-order chi connectivity index (χ1) is 13.3. The van der Waals surface area contributed by atoms with Gasteiger partial charge in [-0.3, -0.25) is 4.98 Å². The highest BCUT2D eigenvalue weighted by Crippen LogP contribution is 2.26. The van der Waals surface area contributed by atoms with E-state index in [4.69, 9.17) is 4.98 Å². The fourth-order valence-corrected chi connectivity index (χ4v) is 3.52. The van der Waals surface area contributed by atoms with Crippen LogP contribution in [0.2, 0.25) is 0 Å². The van der Waals surface area contributed by atoms with Gasteiger partial charge in [-0.15, -0.1) is 5.10 Å². The molecular formula is C19H20N8. The van der Waals surface area contributed by atoms with Crippen LogP contribution in [0.25, 0.3) is 11.2 Å². The van der Waals surface area contributed by atoms with Crippen molar-refractivity contribution in [2.24, 2.45) is 0 Å². The molecule has 4 aromatic rings. The molecule has 0 aliphatic carbocycles. The SMILES string of the molecule is C[C@@H]1CCCN1c1nc(Nc2cn(-c3cccnc3)cn2)c2cccn2n1. The Bertz CT molecular complexity index is 1070. The van der Waals surface area contributed by atoms with Crippen LogP contribution in [0, 0.1) is 0 Å². The zero-order valence-electron chi connectivity index (χ0n) is 15.0. The maximum Gasteiger partial charge on any atom is 0.245 e. The lowest BCUT2D eigenvalue weighted by atomic mass is 10.2. The van der Waals surface area contributed by atoms with Crippen LogP contribution in [0.1, 0.15) is 19.8 Å². The Kier molecular flexibility index (Phi) is 3.74. The highest BCUT2D eigenvalue weighted by Gasteiger charge is 2.24. The fraction of sp³-hybridized carbons (Fsp3) is 0.263. The van der Waals surface area contributed by atoms with E-state index in [9.17, 15) is 0 Å². The number of nitrogens with zero attached hydrogens (tertiary/aromatic N) is 7. The van der Waals surface area contributed by atoms with E-state index in [0.29, 0.717) is 6.04 Å². The van der Waals surface area contributed by atoms with Gasteiger partial charge in [0.05, 0.1) is 18.1 Å².